The van der Waals surface area contributed by atoms with Gasteiger partial charge in [-0.2, -0.15) is 4.98 Å². The minimum Gasteiger partial charge on any atom is -0.367 e. The van der Waals surface area contributed by atoms with Gasteiger partial charge in [0, 0.05) is 28.8 Å². The van der Waals surface area contributed by atoms with Crippen molar-refractivity contribution in [1.82, 2.24) is 9.97 Å². The number of aromatic nitrogens is 2. The van der Waals surface area contributed by atoms with E-state index in [-0.39, 0.29) is 0 Å². The van der Waals surface area contributed by atoms with Gasteiger partial charge >= 0.3 is 0 Å². The number of hydrogen-bond acceptors (Lipinski definition) is 4. The summed E-state index contributed by atoms with van der Waals surface area (Å²) in [4.78, 5) is 8.65. The third-order valence-corrected chi connectivity index (χ3v) is 3.86. The standard InChI is InChI=1S/C15H16Cl2N4/c16-11-2-1-10(13(17)9-11)5-7-18-15-19-8-6-14(21-15)20-12-3-4-12/h1-2,6,8-9,12H,3-5,7H2,(H2,18,19,20,21). The second-order valence-corrected chi connectivity index (χ2v) is 5.94. The molecule has 1 saturated carbocycles. The number of halogens is 2. The summed E-state index contributed by atoms with van der Waals surface area (Å²) in [5, 5.41) is 7.91. The molecule has 2 aromatic rings. The van der Waals surface area contributed by atoms with Crippen LogP contribution >= 0.6 is 23.2 Å². The van der Waals surface area contributed by atoms with Gasteiger partial charge in [-0.25, -0.2) is 4.98 Å². The van der Waals surface area contributed by atoms with Crippen molar-refractivity contribution in [1.29, 1.82) is 0 Å². The second-order valence-electron chi connectivity index (χ2n) is 5.10. The maximum atomic E-state index is 6.15. The quantitative estimate of drug-likeness (QED) is 0.843. The molecule has 0 atom stereocenters. The molecule has 1 aliphatic rings. The van der Waals surface area contributed by atoms with E-state index in [4.69, 9.17) is 23.2 Å². The predicted octanol–water partition coefficient (Wildman–Crippen LogP) is 4.01. The van der Waals surface area contributed by atoms with E-state index in [0.717, 1.165) is 17.8 Å². The summed E-state index contributed by atoms with van der Waals surface area (Å²) in [6, 6.07) is 8.02. The lowest BCUT2D eigenvalue weighted by atomic mass is 10.1. The minimum absolute atomic E-state index is 0.584. The van der Waals surface area contributed by atoms with Crippen molar-refractivity contribution in [2.75, 3.05) is 17.2 Å². The van der Waals surface area contributed by atoms with E-state index >= 15 is 0 Å². The highest BCUT2D eigenvalue weighted by atomic mass is 35.5. The molecule has 1 aromatic heterocycles. The molecule has 0 amide bonds. The molecule has 0 unspecified atom stereocenters. The van der Waals surface area contributed by atoms with Crippen LogP contribution in [-0.4, -0.2) is 22.6 Å². The maximum Gasteiger partial charge on any atom is 0.224 e. The van der Waals surface area contributed by atoms with E-state index < -0.39 is 0 Å². The Hall–Kier alpha value is -1.52. The molecule has 2 N–H and O–H groups in total. The SMILES string of the molecule is Clc1ccc(CCNc2nccc(NC3CC3)n2)c(Cl)c1. The smallest absolute Gasteiger partial charge is 0.224 e. The second kappa shape index (κ2) is 6.50. The maximum absolute atomic E-state index is 6.15. The summed E-state index contributed by atoms with van der Waals surface area (Å²) in [5.41, 5.74) is 1.06. The van der Waals surface area contributed by atoms with Crippen LogP contribution in [0.3, 0.4) is 0 Å². The monoisotopic (exact) mass is 322 g/mol. The molecule has 3 rings (SSSR count). The van der Waals surface area contributed by atoms with Crippen LogP contribution in [0.1, 0.15) is 18.4 Å². The van der Waals surface area contributed by atoms with Crippen molar-refractivity contribution in [2.24, 2.45) is 0 Å². The topological polar surface area (TPSA) is 49.8 Å². The van der Waals surface area contributed by atoms with Gasteiger partial charge in [0.1, 0.15) is 5.82 Å². The lowest BCUT2D eigenvalue weighted by Crippen LogP contribution is -2.10. The summed E-state index contributed by atoms with van der Waals surface area (Å²) in [6.45, 7) is 0.717. The molecule has 4 nitrogen and oxygen atoms in total. The van der Waals surface area contributed by atoms with Gasteiger partial charge in [0.05, 0.1) is 0 Å². The van der Waals surface area contributed by atoms with Crippen molar-refractivity contribution >= 4 is 35.0 Å². The molecule has 21 heavy (non-hydrogen) atoms. The van der Waals surface area contributed by atoms with Gasteiger partial charge in [0.2, 0.25) is 5.95 Å². The van der Waals surface area contributed by atoms with E-state index in [1.807, 2.05) is 18.2 Å². The van der Waals surface area contributed by atoms with Gasteiger partial charge in [-0.1, -0.05) is 29.3 Å². The Balaban J connectivity index is 1.54. The highest BCUT2D eigenvalue weighted by Gasteiger charge is 2.21. The van der Waals surface area contributed by atoms with Gasteiger partial charge < -0.3 is 10.6 Å². The number of anilines is 2. The average molecular weight is 323 g/mol. The number of benzene rings is 1. The molecule has 1 aromatic carbocycles. The average Bonchev–Trinajstić information content (AvgIpc) is 3.26. The van der Waals surface area contributed by atoms with Crippen LogP contribution in [0, 0.1) is 0 Å². The summed E-state index contributed by atoms with van der Waals surface area (Å²) in [7, 11) is 0. The highest BCUT2D eigenvalue weighted by Crippen LogP contribution is 2.24. The molecule has 0 radical (unpaired) electrons. The van der Waals surface area contributed by atoms with Crippen LogP contribution < -0.4 is 10.6 Å². The van der Waals surface area contributed by atoms with Crippen molar-refractivity contribution in [3.05, 3.63) is 46.1 Å². The Kier molecular flexibility index (Phi) is 4.46. The zero-order valence-corrected chi connectivity index (χ0v) is 13.0. The van der Waals surface area contributed by atoms with Crippen LogP contribution in [0.5, 0.6) is 0 Å². The Bertz CT molecular complexity index is 629. The summed E-state index contributed by atoms with van der Waals surface area (Å²) in [6.07, 6.45) is 5.00. The van der Waals surface area contributed by atoms with Gasteiger partial charge in [0.15, 0.2) is 0 Å². The Morgan fingerprint density at radius 2 is 2.05 bits per heavy atom. The van der Waals surface area contributed by atoms with E-state index in [1.165, 1.54) is 12.8 Å². The van der Waals surface area contributed by atoms with Crippen molar-refractivity contribution in [3.8, 4) is 0 Å². The van der Waals surface area contributed by atoms with Crippen LogP contribution in [0.2, 0.25) is 10.0 Å². The lowest BCUT2D eigenvalue weighted by molar-refractivity contribution is 0.979. The lowest BCUT2D eigenvalue weighted by Gasteiger charge is -2.08. The summed E-state index contributed by atoms with van der Waals surface area (Å²) in [5.74, 6) is 1.50. The fourth-order valence-electron chi connectivity index (χ4n) is 1.99. The van der Waals surface area contributed by atoms with Gasteiger partial charge in [-0.15, -0.1) is 0 Å². The highest BCUT2D eigenvalue weighted by molar-refractivity contribution is 6.35. The molecule has 110 valence electrons. The first-order chi connectivity index (χ1) is 10.2. The molecular formula is C15H16Cl2N4. The molecule has 1 fully saturated rings. The largest absolute Gasteiger partial charge is 0.367 e. The molecule has 0 spiro atoms. The first-order valence-electron chi connectivity index (χ1n) is 6.98. The van der Waals surface area contributed by atoms with Crippen LogP contribution in [0.15, 0.2) is 30.5 Å². The van der Waals surface area contributed by atoms with E-state index in [1.54, 1.807) is 12.3 Å². The first-order valence-corrected chi connectivity index (χ1v) is 7.74. The van der Waals surface area contributed by atoms with E-state index in [2.05, 4.69) is 20.6 Å². The normalized spacial score (nSPS) is 14.0. The Morgan fingerprint density at radius 1 is 1.19 bits per heavy atom. The van der Waals surface area contributed by atoms with Gasteiger partial charge in [-0.05, 0) is 43.0 Å². The third-order valence-electron chi connectivity index (χ3n) is 3.28. The molecular weight excluding hydrogens is 307 g/mol. The van der Waals surface area contributed by atoms with Crippen LogP contribution in [-0.2, 0) is 6.42 Å². The van der Waals surface area contributed by atoms with Crippen molar-refractivity contribution in [3.63, 3.8) is 0 Å². The first kappa shape index (κ1) is 14.4. The Labute approximate surface area is 133 Å². The fraction of sp³-hybridized carbons (Fsp3) is 0.333. The third kappa shape index (κ3) is 4.22. The minimum atomic E-state index is 0.584. The molecule has 1 heterocycles. The summed E-state index contributed by atoms with van der Waals surface area (Å²) >= 11 is 12.0. The molecule has 0 bridgehead atoms. The number of rotatable bonds is 6. The molecule has 1 aliphatic carbocycles. The number of nitrogens with zero attached hydrogens (tertiary/aromatic N) is 2. The van der Waals surface area contributed by atoms with Gasteiger partial charge in [0.25, 0.3) is 0 Å². The number of hydrogen-bond donors (Lipinski definition) is 2. The fourth-order valence-corrected chi connectivity index (χ4v) is 2.50. The predicted molar refractivity (Wildman–Crippen MR) is 87.3 cm³/mol. The van der Waals surface area contributed by atoms with Crippen LogP contribution in [0.4, 0.5) is 11.8 Å². The number of nitrogens with one attached hydrogen (secondary N) is 2. The van der Waals surface area contributed by atoms with Crippen molar-refractivity contribution < 1.29 is 0 Å². The molecule has 0 saturated heterocycles. The van der Waals surface area contributed by atoms with E-state index in [9.17, 15) is 0 Å². The van der Waals surface area contributed by atoms with Crippen LogP contribution in [0.25, 0.3) is 0 Å². The zero-order chi connectivity index (χ0) is 14.7. The zero-order valence-electron chi connectivity index (χ0n) is 11.4. The Morgan fingerprint density at radius 3 is 2.81 bits per heavy atom. The molecule has 6 heteroatoms. The summed E-state index contributed by atoms with van der Waals surface area (Å²) < 4.78 is 0. The molecule has 0 aliphatic heterocycles. The van der Waals surface area contributed by atoms with Crippen molar-refractivity contribution in [2.45, 2.75) is 25.3 Å². The van der Waals surface area contributed by atoms with Gasteiger partial charge in [-0.3, -0.25) is 0 Å². The van der Waals surface area contributed by atoms with E-state index in [0.29, 0.717) is 28.6 Å².